The average molecular weight is 274 g/mol. The van der Waals surface area contributed by atoms with Crippen molar-refractivity contribution in [1.82, 2.24) is 14.8 Å². The molecule has 0 unspecified atom stereocenters. The quantitative estimate of drug-likeness (QED) is 0.844. The second-order valence-electron chi connectivity index (χ2n) is 5.87. The molecule has 0 radical (unpaired) electrons. The zero-order chi connectivity index (χ0) is 12.7. The molecule has 3 nitrogen and oxygen atoms in total. The molecule has 0 spiro atoms. The van der Waals surface area contributed by atoms with Gasteiger partial charge in [0.2, 0.25) is 5.28 Å². The first-order chi connectivity index (χ1) is 7.88. The molecule has 0 atom stereocenters. The Kier molecular flexibility index (Phi) is 3.47. The molecule has 1 fully saturated rings. The maximum absolute atomic E-state index is 6.18. The van der Waals surface area contributed by atoms with Gasteiger partial charge < -0.3 is 0 Å². The van der Waals surface area contributed by atoms with Gasteiger partial charge in [-0.15, -0.1) is 10.2 Å². The minimum Gasteiger partial charge on any atom is -0.300 e. The van der Waals surface area contributed by atoms with Crippen LogP contribution in [0.4, 0.5) is 0 Å². The monoisotopic (exact) mass is 273 g/mol. The van der Waals surface area contributed by atoms with Crippen LogP contribution in [0.1, 0.15) is 45.9 Å². The van der Waals surface area contributed by atoms with E-state index in [1.54, 1.807) is 0 Å². The van der Waals surface area contributed by atoms with Crippen molar-refractivity contribution >= 4 is 23.4 Å². The van der Waals surface area contributed by atoms with Crippen molar-refractivity contribution in [3.63, 3.8) is 0 Å². The summed E-state index contributed by atoms with van der Waals surface area (Å²) in [6.45, 7) is 7.38. The van der Waals surface area contributed by atoms with E-state index in [1.165, 1.54) is 19.3 Å². The first kappa shape index (κ1) is 13.2. The molecule has 0 aromatic carbocycles. The van der Waals surface area contributed by atoms with Gasteiger partial charge in [0.25, 0.3) is 0 Å². The molecular weight excluding hydrogens is 254 g/mol. The number of aromatic nitrogens is 3. The van der Waals surface area contributed by atoms with Crippen LogP contribution in [-0.2, 0) is 12.0 Å². The lowest BCUT2D eigenvalue weighted by molar-refractivity contribution is 0.312. The van der Waals surface area contributed by atoms with Gasteiger partial charge in [-0.3, -0.25) is 4.57 Å². The first-order valence-electron chi connectivity index (χ1n) is 6.02. The summed E-state index contributed by atoms with van der Waals surface area (Å²) in [6, 6.07) is 0. The summed E-state index contributed by atoms with van der Waals surface area (Å²) >= 11 is 8.13. The first-order valence-corrected chi connectivity index (χ1v) is 7.63. The predicted molar refractivity (Wildman–Crippen MR) is 73.8 cm³/mol. The molecule has 1 aromatic rings. The molecule has 0 bridgehead atoms. The van der Waals surface area contributed by atoms with E-state index in [0.29, 0.717) is 10.0 Å². The van der Waals surface area contributed by atoms with E-state index in [2.05, 4.69) is 41.8 Å². The van der Waals surface area contributed by atoms with Crippen molar-refractivity contribution in [2.45, 2.75) is 56.7 Å². The molecule has 0 saturated heterocycles. The fourth-order valence-electron chi connectivity index (χ4n) is 2.27. The van der Waals surface area contributed by atoms with Gasteiger partial charge in [0.15, 0.2) is 0 Å². The van der Waals surface area contributed by atoms with Gasteiger partial charge in [-0.2, -0.15) is 11.8 Å². The van der Waals surface area contributed by atoms with Crippen molar-refractivity contribution in [2.75, 3.05) is 6.26 Å². The van der Waals surface area contributed by atoms with Crippen LogP contribution >= 0.6 is 23.4 Å². The summed E-state index contributed by atoms with van der Waals surface area (Å²) < 4.78 is 2.45. The zero-order valence-corrected chi connectivity index (χ0v) is 12.5. The van der Waals surface area contributed by atoms with Gasteiger partial charge in [-0.1, -0.05) is 27.2 Å². The van der Waals surface area contributed by atoms with Gasteiger partial charge in [0, 0.05) is 16.7 Å². The lowest BCUT2D eigenvalue weighted by Crippen LogP contribution is -2.39. The number of hydrogen-bond acceptors (Lipinski definition) is 3. The van der Waals surface area contributed by atoms with Crippen LogP contribution < -0.4 is 0 Å². The standard InChI is InChI=1S/C12H20ClN3S/c1-11(2,3)9-14-15-10(13)16(9)8-12(17-4)6-5-7-12/h5-8H2,1-4H3. The van der Waals surface area contributed by atoms with Gasteiger partial charge in [-0.25, -0.2) is 0 Å². The second-order valence-corrected chi connectivity index (χ2v) is 7.48. The second kappa shape index (κ2) is 4.47. The number of thioether (sulfide) groups is 1. The average Bonchev–Trinajstić information content (AvgIpc) is 2.53. The van der Waals surface area contributed by atoms with Crippen molar-refractivity contribution in [1.29, 1.82) is 0 Å². The highest BCUT2D eigenvalue weighted by Gasteiger charge is 2.38. The maximum atomic E-state index is 6.18. The van der Waals surface area contributed by atoms with Gasteiger partial charge in [0.1, 0.15) is 5.82 Å². The molecule has 0 aliphatic heterocycles. The highest BCUT2D eigenvalue weighted by Crippen LogP contribution is 2.45. The van der Waals surface area contributed by atoms with Crippen molar-refractivity contribution < 1.29 is 0 Å². The van der Waals surface area contributed by atoms with Crippen LogP contribution in [0.2, 0.25) is 5.28 Å². The molecule has 0 N–H and O–H groups in total. The summed E-state index contributed by atoms with van der Waals surface area (Å²) in [5.74, 6) is 0.989. The molecular formula is C12H20ClN3S. The Morgan fingerprint density at radius 1 is 1.35 bits per heavy atom. The molecule has 1 aromatic heterocycles. The predicted octanol–water partition coefficient (Wildman–Crippen LogP) is 3.51. The normalized spacial score (nSPS) is 19.1. The Balaban J connectivity index is 2.29. The smallest absolute Gasteiger partial charge is 0.225 e. The van der Waals surface area contributed by atoms with E-state index in [0.717, 1.165) is 12.4 Å². The van der Waals surface area contributed by atoms with E-state index in [-0.39, 0.29) is 5.41 Å². The lowest BCUT2D eigenvalue weighted by Gasteiger charge is -2.41. The highest BCUT2D eigenvalue weighted by atomic mass is 35.5. The van der Waals surface area contributed by atoms with Crippen LogP contribution in [0.3, 0.4) is 0 Å². The van der Waals surface area contributed by atoms with E-state index in [1.807, 2.05) is 11.8 Å². The van der Waals surface area contributed by atoms with Crippen LogP contribution in [0.5, 0.6) is 0 Å². The van der Waals surface area contributed by atoms with Gasteiger partial charge in [-0.05, 0) is 30.7 Å². The Labute approximate surface area is 112 Å². The summed E-state index contributed by atoms with van der Waals surface area (Å²) in [6.07, 6.45) is 6.05. The summed E-state index contributed by atoms with van der Waals surface area (Å²) in [5.41, 5.74) is -0.0104. The van der Waals surface area contributed by atoms with E-state index in [4.69, 9.17) is 11.6 Å². The van der Waals surface area contributed by atoms with E-state index < -0.39 is 0 Å². The third kappa shape index (κ3) is 2.48. The summed E-state index contributed by atoms with van der Waals surface area (Å²) in [4.78, 5) is 0. The minimum atomic E-state index is -0.0104. The van der Waals surface area contributed by atoms with Crippen molar-refractivity contribution in [2.24, 2.45) is 0 Å². The third-order valence-electron chi connectivity index (χ3n) is 3.52. The molecule has 1 aliphatic carbocycles. The van der Waals surface area contributed by atoms with Crippen molar-refractivity contribution in [3.8, 4) is 0 Å². The topological polar surface area (TPSA) is 30.7 Å². The Hall–Kier alpha value is -0.220. The molecule has 0 amide bonds. The van der Waals surface area contributed by atoms with Crippen LogP contribution in [-0.4, -0.2) is 25.8 Å². The summed E-state index contributed by atoms with van der Waals surface area (Å²) in [5, 5.41) is 8.79. The van der Waals surface area contributed by atoms with E-state index in [9.17, 15) is 0 Å². The van der Waals surface area contributed by atoms with E-state index >= 15 is 0 Å². The van der Waals surface area contributed by atoms with Crippen LogP contribution in [0.25, 0.3) is 0 Å². The van der Waals surface area contributed by atoms with Crippen LogP contribution in [0, 0.1) is 0 Å². The van der Waals surface area contributed by atoms with Crippen LogP contribution in [0.15, 0.2) is 0 Å². The number of halogens is 1. The Morgan fingerprint density at radius 3 is 2.41 bits per heavy atom. The summed E-state index contributed by atoms with van der Waals surface area (Å²) in [7, 11) is 0. The molecule has 96 valence electrons. The SMILES string of the molecule is CSC1(Cn2c(Cl)nnc2C(C)(C)C)CCC1. The molecule has 1 heterocycles. The molecule has 1 aliphatic rings. The molecule has 1 saturated carbocycles. The molecule has 2 rings (SSSR count). The Morgan fingerprint density at radius 2 is 2.00 bits per heavy atom. The van der Waals surface area contributed by atoms with Gasteiger partial charge >= 0.3 is 0 Å². The lowest BCUT2D eigenvalue weighted by atomic mass is 9.83. The zero-order valence-electron chi connectivity index (χ0n) is 11.0. The minimum absolute atomic E-state index is 0.0104. The van der Waals surface area contributed by atoms with Gasteiger partial charge in [0.05, 0.1) is 0 Å². The van der Waals surface area contributed by atoms with Crippen molar-refractivity contribution in [3.05, 3.63) is 11.1 Å². The number of rotatable bonds is 3. The fourth-order valence-corrected chi connectivity index (χ4v) is 3.40. The number of hydrogen-bond donors (Lipinski definition) is 0. The fraction of sp³-hybridized carbons (Fsp3) is 0.833. The number of nitrogens with zero attached hydrogens (tertiary/aromatic N) is 3. The maximum Gasteiger partial charge on any atom is 0.225 e. The highest BCUT2D eigenvalue weighted by molar-refractivity contribution is 8.00. The largest absolute Gasteiger partial charge is 0.300 e. The Bertz CT molecular complexity index is 399. The molecule has 17 heavy (non-hydrogen) atoms. The molecule has 5 heteroatoms. The third-order valence-corrected chi connectivity index (χ3v) is 5.20.